The molecule has 0 radical (unpaired) electrons. The van der Waals surface area contributed by atoms with Crippen LogP contribution in [-0.2, 0) is 0 Å². The molecule has 0 atom stereocenters. The molecule has 1 fully saturated rings. The van der Waals surface area contributed by atoms with E-state index in [-0.39, 0.29) is 11.8 Å². The highest BCUT2D eigenvalue weighted by molar-refractivity contribution is 6.07. The summed E-state index contributed by atoms with van der Waals surface area (Å²) in [4.78, 5) is 32.0. The number of carbonyl (C=O) groups is 2. The highest BCUT2D eigenvalue weighted by Gasteiger charge is 2.23. The molecule has 1 N–H and O–H groups in total. The molecule has 6 nitrogen and oxygen atoms in total. The molecule has 0 aliphatic carbocycles. The summed E-state index contributed by atoms with van der Waals surface area (Å²) in [7, 11) is 0. The van der Waals surface area contributed by atoms with E-state index < -0.39 is 0 Å². The maximum atomic E-state index is 13.1. The second kappa shape index (κ2) is 8.14. The van der Waals surface area contributed by atoms with Crippen LogP contribution in [0.15, 0.2) is 48.8 Å². The van der Waals surface area contributed by atoms with Crippen LogP contribution in [0.5, 0.6) is 0 Å². The van der Waals surface area contributed by atoms with E-state index in [9.17, 15) is 9.59 Å². The Balaban J connectivity index is 1.61. The van der Waals surface area contributed by atoms with Crippen molar-refractivity contribution in [2.45, 2.75) is 33.6 Å². The monoisotopic (exact) mass is 402 g/mol. The molecule has 3 heterocycles. The number of aryl methyl sites for hydroxylation is 1. The van der Waals surface area contributed by atoms with Gasteiger partial charge in [-0.3, -0.25) is 14.6 Å². The Bertz CT molecular complexity index is 1100. The van der Waals surface area contributed by atoms with E-state index in [1.54, 1.807) is 12.4 Å². The van der Waals surface area contributed by atoms with Crippen LogP contribution >= 0.6 is 0 Å². The minimum absolute atomic E-state index is 0.0378. The smallest absolute Gasteiger partial charge is 0.257 e. The van der Waals surface area contributed by atoms with Gasteiger partial charge in [-0.15, -0.1) is 0 Å². The van der Waals surface area contributed by atoms with Crippen LogP contribution in [0.1, 0.15) is 50.5 Å². The summed E-state index contributed by atoms with van der Waals surface area (Å²) in [5.41, 5.74) is 5.43. The van der Waals surface area contributed by atoms with Crippen molar-refractivity contribution in [2.75, 3.05) is 18.4 Å². The Labute approximate surface area is 176 Å². The molecule has 2 amide bonds. The number of anilines is 1. The topological polar surface area (TPSA) is 67.2 Å². The van der Waals surface area contributed by atoms with Crippen molar-refractivity contribution in [1.82, 2.24) is 14.5 Å². The normalized spacial score (nSPS) is 13.5. The minimum atomic E-state index is -0.188. The Morgan fingerprint density at radius 2 is 1.77 bits per heavy atom. The number of carbonyl (C=O) groups excluding carboxylic acids is 2. The first-order chi connectivity index (χ1) is 14.5. The molecule has 2 aromatic heterocycles. The second-order valence-corrected chi connectivity index (χ2v) is 7.76. The first-order valence-corrected chi connectivity index (χ1v) is 10.3. The van der Waals surface area contributed by atoms with Crippen molar-refractivity contribution in [3.63, 3.8) is 0 Å². The molecule has 0 saturated carbocycles. The van der Waals surface area contributed by atoms with Gasteiger partial charge in [-0.05, 0) is 69.5 Å². The van der Waals surface area contributed by atoms with E-state index in [0.29, 0.717) is 16.8 Å². The van der Waals surface area contributed by atoms with Gasteiger partial charge in [0.05, 0.1) is 17.4 Å². The molecular weight excluding hydrogens is 376 g/mol. The number of nitrogens with one attached hydrogen (secondary N) is 1. The molecule has 4 rings (SSSR count). The number of amides is 2. The van der Waals surface area contributed by atoms with Crippen molar-refractivity contribution in [2.24, 2.45) is 0 Å². The maximum Gasteiger partial charge on any atom is 0.257 e. The van der Waals surface area contributed by atoms with Gasteiger partial charge < -0.3 is 14.8 Å². The van der Waals surface area contributed by atoms with Crippen LogP contribution in [0, 0.1) is 20.8 Å². The molecule has 0 spiro atoms. The molecule has 0 unspecified atom stereocenters. The zero-order valence-electron chi connectivity index (χ0n) is 17.6. The predicted molar refractivity (Wildman–Crippen MR) is 117 cm³/mol. The lowest BCUT2D eigenvalue weighted by Crippen LogP contribution is -2.28. The minimum Gasteiger partial charge on any atom is -0.339 e. The lowest BCUT2D eigenvalue weighted by Gasteiger charge is -2.18. The Morgan fingerprint density at radius 3 is 2.47 bits per heavy atom. The summed E-state index contributed by atoms with van der Waals surface area (Å²) < 4.78 is 2.02. The van der Waals surface area contributed by atoms with Crippen molar-refractivity contribution >= 4 is 17.5 Å². The van der Waals surface area contributed by atoms with E-state index in [1.165, 1.54) is 0 Å². The van der Waals surface area contributed by atoms with Gasteiger partial charge in [0.25, 0.3) is 11.8 Å². The molecule has 3 aromatic rings. The molecule has 1 aromatic carbocycles. The van der Waals surface area contributed by atoms with Gasteiger partial charge >= 0.3 is 0 Å². The zero-order chi connectivity index (χ0) is 21.3. The van der Waals surface area contributed by atoms with Crippen LogP contribution in [0.4, 0.5) is 5.69 Å². The van der Waals surface area contributed by atoms with Gasteiger partial charge in [-0.25, -0.2) is 0 Å². The number of pyridine rings is 1. The number of hydrogen-bond donors (Lipinski definition) is 1. The molecule has 6 heteroatoms. The molecule has 1 saturated heterocycles. The summed E-state index contributed by atoms with van der Waals surface area (Å²) in [5, 5.41) is 3.01. The highest BCUT2D eigenvalue weighted by atomic mass is 16.2. The second-order valence-electron chi connectivity index (χ2n) is 7.76. The number of likely N-dealkylation sites (tertiary alicyclic amines) is 1. The molecule has 30 heavy (non-hydrogen) atoms. The maximum absolute atomic E-state index is 13.1. The Kier molecular flexibility index (Phi) is 5.40. The lowest BCUT2D eigenvalue weighted by molar-refractivity contribution is 0.0791. The van der Waals surface area contributed by atoms with Gasteiger partial charge in [0.15, 0.2) is 0 Å². The average Bonchev–Trinajstić information content (AvgIpc) is 3.38. The standard InChI is InChI=1S/C24H26N4O2/c1-16-14-21(18(3)28(16)19-8-7-11-25-15-19)23(29)26-22-10-6-9-20(17(22)2)24(30)27-12-4-5-13-27/h6-11,14-15H,4-5,12-13H2,1-3H3,(H,26,29). The Hall–Kier alpha value is -3.41. The summed E-state index contributed by atoms with van der Waals surface area (Å²) in [6, 6.07) is 11.2. The first-order valence-electron chi connectivity index (χ1n) is 10.3. The van der Waals surface area contributed by atoms with Crippen LogP contribution in [0.3, 0.4) is 0 Å². The molecular formula is C24H26N4O2. The van der Waals surface area contributed by atoms with Gasteiger partial charge in [-0.1, -0.05) is 6.07 Å². The average molecular weight is 402 g/mol. The van der Waals surface area contributed by atoms with E-state index >= 15 is 0 Å². The van der Waals surface area contributed by atoms with E-state index in [4.69, 9.17) is 0 Å². The fraction of sp³-hybridized carbons (Fsp3) is 0.292. The lowest BCUT2D eigenvalue weighted by atomic mass is 10.0. The third-order valence-corrected chi connectivity index (χ3v) is 5.79. The summed E-state index contributed by atoms with van der Waals surface area (Å²) in [6.45, 7) is 7.38. The number of benzene rings is 1. The highest BCUT2D eigenvalue weighted by Crippen LogP contribution is 2.25. The van der Waals surface area contributed by atoms with Gasteiger partial charge in [0.1, 0.15) is 0 Å². The van der Waals surface area contributed by atoms with Crippen LogP contribution < -0.4 is 5.32 Å². The Morgan fingerprint density at radius 1 is 1.00 bits per heavy atom. The van der Waals surface area contributed by atoms with Gasteiger partial charge in [0.2, 0.25) is 0 Å². The largest absolute Gasteiger partial charge is 0.339 e. The van der Waals surface area contributed by atoms with Crippen molar-refractivity contribution in [3.8, 4) is 5.69 Å². The third-order valence-electron chi connectivity index (χ3n) is 5.79. The third kappa shape index (κ3) is 3.61. The summed E-state index contributed by atoms with van der Waals surface area (Å²) in [6.07, 6.45) is 5.60. The summed E-state index contributed by atoms with van der Waals surface area (Å²) in [5.74, 6) is -0.150. The van der Waals surface area contributed by atoms with Gasteiger partial charge in [-0.2, -0.15) is 0 Å². The number of aromatic nitrogens is 2. The quantitative estimate of drug-likeness (QED) is 0.708. The summed E-state index contributed by atoms with van der Waals surface area (Å²) >= 11 is 0. The molecule has 0 bridgehead atoms. The van der Waals surface area contributed by atoms with E-state index in [2.05, 4.69) is 10.3 Å². The molecule has 1 aliphatic heterocycles. The van der Waals surface area contributed by atoms with Gasteiger partial charge in [0, 0.05) is 41.9 Å². The zero-order valence-corrected chi connectivity index (χ0v) is 17.6. The molecule has 1 aliphatic rings. The predicted octanol–water partition coefficient (Wildman–Crippen LogP) is 4.29. The van der Waals surface area contributed by atoms with E-state index in [1.807, 2.05) is 66.6 Å². The van der Waals surface area contributed by atoms with Crippen molar-refractivity contribution in [1.29, 1.82) is 0 Å². The van der Waals surface area contributed by atoms with E-state index in [0.717, 1.165) is 48.6 Å². The number of hydrogen-bond acceptors (Lipinski definition) is 3. The van der Waals surface area contributed by atoms with Crippen molar-refractivity contribution in [3.05, 3.63) is 76.9 Å². The SMILES string of the molecule is Cc1c(NC(=O)c2cc(C)n(-c3cccnc3)c2C)cccc1C(=O)N1CCCC1. The van der Waals surface area contributed by atoms with Crippen LogP contribution in [0.2, 0.25) is 0 Å². The van der Waals surface area contributed by atoms with Crippen molar-refractivity contribution < 1.29 is 9.59 Å². The van der Waals surface area contributed by atoms with Crippen LogP contribution in [-0.4, -0.2) is 39.4 Å². The number of nitrogens with zero attached hydrogens (tertiary/aromatic N) is 3. The van der Waals surface area contributed by atoms with Crippen LogP contribution in [0.25, 0.3) is 5.69 Å². The fourth-order valence-corrected chi connectivity index (χ4v) is 4.16. The fourth-order valence-electron chi connectivity index (χ4n) is 4.16. The number of rotatable bonds is 4. The molecule has 154 valence electrons. The first kappa shape index (κ1) is 19.9.